The Bertz CT molecular complexity index is 1080. The van der Waals surface area contributed by atoms with E-state index in [2.05, 4.69) is 5.32 Å². The molecule has 0 bridgehead atoms. The number of urea groups is 1. The van der Waals surface area contributed by atoms with E-state index in [1.165, 1.54) is 17.8 Å². The zero-order valence-corrected chi connectivity index (χ0v) is 16.5. The lowest BCUT2D eigenvalue weighted by Crippen LogP contribution is -2.30. The minimum absolute atomic E-state index is 0.136. The van der Waals surface area contributed by atoms with E-state index in [1.54, 1.807) is 48.5 Å². The SMILES string of the molecule is O=C1N/C(=C\c2ccc(Sc3ccc(Cl)cc3)o2)C(=O)N1c1ccc(Cl)cc1. The highest BCUT2D eigenvalue weighted by molar-refractivity contribution is 7.99. The summed E-state index contributed by atoms with van der Waals surface area (Å²) < 4.78 is 5.73. The number of nitrogens with one attached hydrogen (secondary N) is 1. The number of furan rings is 1. The average molecular weight is 431 g/mol. The average Bonchev–Trinajstić information content (AvgIpc) is 3.22. The second-order valence-electron chi connectivity index (χ2n) is 5.82. The molecule has 2 aromatic carbocycles. The molecule has 5 nitrogen and oxygen atoms in total. The van der Waals surface area contributed by atoms with Crippen LogP contribution in [0.15, 0.2) is 80.8 Å². The van der Waals surface area contributed by atoms with Gasteiger partial charge >= 0.3 is 6.03 Å². The Hall–Kier alpha value is -2.67. The number of anilines is 1. The summed E-state index contributed by atoms with van der Waals surface area (Å²) in [7, 11) is 0. The summed E-state index contributed by atoms with van der Waals surface area (Å²) in [6.45, 7) is 0. The molecule has 3 aromatic rings. The molecule has 0 atom stereocenters. The molecule has 4 rings (SSSR count). The molecule has 28 heavy (non-hydrogen) atoms. The summed E-state index contributed by atoms with van der Waals surface area (Å²) in [6.07, 6.45) is 1.50. The first kappa shape index (κ1) is 18.7. The summed E-state index contributed by atoms with van der Waals surface area (Å²) in [5.41, 5.74) is 0.575. The smallest absolute Gasteiger partial charge is 0.333 e. The van der Waals surface area contributed by atoms with Gasteiger partial charge in [-0.2, -0.15) is 0 Å². The second-order valence-corrected chi connectivity index (χ2v) is 7.77. The van der Waals surface area contributed by atoms with E-state index in [0.29, 0.717) is 26.6 Å². The molecule has 1 aliphatic heterocycles. The Morgan fingerprint density at radius 3 is 2.21 bits per heavy atom. The molecule has 0 unspecified atom stereocenters. The highest BCUT2D eigenvalue weighted by Crippen LogP contribution is 2.31. The van der Waals surface area contributed by atoms with Gasteiger partial charge in [-0.25, -0.2) is 9.69 Å². The Labute approximate surface area is 174 Å². The highest BCUT2D eigenvalue weighted by Gasteiger charge is 2.35. The second kappa shape index (κ2) is 7.75. The van der Waals surface area contributed by atoms with Gasteiger partial charge in [0.05, 0.1) is 5.69 Å². The van der Waals surface area contributed by atoms with Crippen molar-refractivity contribution in [1.29, 1.82) is 0 Å². The van der Waals surface area contributed by atoms with Crippen LogP contribution in [-0.2, 0) is 4.79 Å². The van der Waals surface area contributed by atoms with Crippen molar-refractivity contribution in [3.05, 3.63) is 82.2 Å². The Morgan fingerprint density at radius 1 is 0.893 bits per heavy atom. The number of hydrogen-bond donors (Lipinski definition) is 1. The number of nitrogens with zero attached hydrogens (tertiary/aromatic N) is 1. The van der Waals surface area contributed by atoms with Crippen LogP contribution in [0.3, 0.4) is 0 Å². The number of hydrogen-bond acceptors (Lipinski definition) is 4. The summed E-state index contributed by atoms with van der Waals surface area (Å²) in [4.78, 5) is 26.9. The van der Waals surface area contributed by atoms with Crippen molar-refractivity contribution >= 4 is 58.7 Å². The van der Waals surface area contributed by atoms with Crippen LogP contribution in [0.4, 0.5) is 10.5 Å². The first-order valence-corrected chi connectivity index (χ1v) is 9.73. The maximum atomic E-state index is 12.6. The summed E-state index contributed by atoms with van der Waals surface area (Å²) >= 11 is 13.2. The van der Waals surface area contributed by atoms with Crippen LogP contribution in [0.5, 0.6) is 0 Å². The number of benzene rings is 2. The molecule has 3 amide bonds. The first-order chi connectivity index (χ1) is 13.5. The van der Waals surface area contributed by atoms with E-state index in [0.717, 1.165) is 9.80 Å². The molecule has 1 aliphatic rings. The largest absolute Gasteiger partial charge is 0.450 e. The van der Waals surface area contributed by atoms with Gasteiger partial charge < -0.3 is 9.73 Å². The minimum Gasteiger partial charge on any atom is -0.450 e. The zero-order valence-electron chi connectivity index (χ0n) is 14.2. The topological polar surface area (TPSA) is 62.6 Å². The number of halogens is 2. The van der Waals surface area contributed by atoms with E-state index in [1.807, 2.05) is 12.1 Å². The van der Waals surface area contributed by atoms with Gasteiger partial charge in [-0.05, 0) is 60.7 Å². The van der Waals surface area contributed by atoms with Gasteiger partial charge in [-0.1, -0.05) is 35.0 Å². The standard InChI is InChI=1S/C20H12Cl2N2O3S/c21-12-1-5-14(6-2-12)24-19(25)17(23-20(24)26)11-15-7-10-18(27-15)28-16-8-3-13(22)4-9-16/h1-11H,(H,23,26)/b17-11-. The molecule has 2 heterocycles. The molecule has 0 saturated carbocycles. The molecule has 1 aromatic heterocycles. The van der Waals surface area contributed by atoms with E-state index in [4.69, 9.17) is 27.6 Å². The third kappa shape index (κ3) is 3.94. The monoisotopic (exact) mass is 430 g/mol. The fraction of sp³-hybridized carbons (Fsp3) is 0. The minimum atomic E-state index is -0.527. The molecule has 1 N–H and O–H groups in total. The van der Waals surface area contributed by atoms with Crippen molar-refractivity contribution in [2.24, 2.45) is 0 Å². The molecular weight excluding hydrogens is 419 g/mol. The van der Waals surface area contributed by atoms with Gasteiger partial charge in [-0.3, -0.25) is 4.79 Å². The van der Waals surface area contributed by atoms with Crippen molar-refractivity contribution < 1.29 is 14.0 Å². The van der Waals surface area contributed by atoms with Crippen molar-refractivity contribution in [2.45, 2.75) is 9.99 Å². The van der Waals surface area contributed by atoms with Gasteiger partial charge in [0, 0.05) is 21.0 Å². The summed E-state index contributed by atoms with van der Waals surface area (Å²) in [5, 5.41) is 4.40. The maximum absolute atomic E-state index is 12.6. The summed E-state index contributed by atoms with van der Waals surface area (Å²) in [5.74, 6) is -0.00584. The molecular formula is C20H12Cl2N2O3S. The lowest BCUT2D eigenvalue weighted by molar-refractivity contribution is -0.113. The Kier molecular flexibility index (Phi) is 5.17. The predicted molar refractivity (Wildman–Crippen MR) is 110 cm³/mol. The van der Waals surface area contributed by atoms with Gasteiger partial charge in [0.1, 0.15) is 11.5 Å². The molecule has 0 aliphatic carbocycles. The Morgan fingerprint density at radius 2 is 1.54 bits per heavy atom. The van der Waals surface area contributed by atoms with Crippen LogP contribution in [0.2, 0.25) is 10.0 Å². The fourth-order valence-electron chi connectivity index (χ4n) is 2.59. The Balaban J connectivity index is 1.52. The van der Waals surface area contributed by atoms with Crippen LogP contribution in [0, 0.1) is 0 Å². The number of rotatable bonds is 4. The van der Waals surface area contributed by atoms with Crippen LogP contribution in [0.25, 0.3) is 6.08 Å². The van der Waals surface area contributed by atoms with Crippen molar-refractivity contribution in [3.63, 3.8) is 0 Å². The number of imide groups is 1. The molecule has 1 saturated heterocycles. The number of amides is 3. The van der Waals surface area contributed by atoms with Gasteiger partial charge in [0.15, 0.2) is 5.09 Å². The predicted octanol–water partition coefficient (Wildman–Crippen LogP) is 5.83. The lowest BCUT2D eigenvalue weighted by atomic mass is 10.3. The highest BCUT2D eigenvalue weighted by atomic mass is 35.5. The molecule has 8 heteroatoms. The first-order valence-electron chi connectivity index (χ1n) is 8.15. The van der Waals surface area contributed by atoms with Gasteiger partial charge in [0.2, 0.25) is 0 Å². The van der Waals surface area contributed by atoms with Crippen molar-refractivity contribution in [1.82, 2.24) is 5.32 Å². The third-order valence-corrected chi connectivity index (χ3v) is 5.32. The maximum Gasteiger partial charge on any atom is 0.333 e. The molecule has 0 radical (unpaired) electrons. The fourth-order valence-corrected chi connectivity index (χ4v) is 3.62. The van der Waals surface area contributed by atoms with E-state index in [9.17, 15) is 9.59 Å². The van der Waals surface area contributed by atoms with Crippen LogP contribution in [-0.4, -0.2) is 11.9 Å². The zero-order chi connectivity index (χ0) is 19.7. The normalized spacial score (nSPS) is 15.4. The van der Waals surface area contributed by atoms with E-state index >= 15 is 0 Å². The number of carbonyl (C=O) groups is 2. The van der Waals surface area contributed by atoms with Crippen LogP contribution in [0.1, 0.15) is 5.76 Å². The lowest BCUT2D eigenvalue weighted by Gasteiger charge is -2.11. The van der Waals surface area contributed by atoms with Crippen LogP contribution >= 0.6 is 35.0 Å². The summed E-state index contributed by atoms with van der Waals surface area (Å²) in [6, 6.07) is 16.8. The molecule has 0 spiro atoms. The third-order valence-electron chi connectivity index (χ3n) is 3.88. The van der Waals surface area contributed by atoms with Crippen molar-refractivity contribution in [2.75, 3.05) is 4.90 Å². The van der Waals surface area contributed by atoms with Crippen molar-refractivity contribution in [3.8, 4) is 0 Å². The van der Waals surface area contributed by atoms with Gasteiger partial charge in [0.25, 0.3) is 5.91 Å². The molecule has 1 fully saturated rings. The van der Waals surface area contributed by atoms with E-state index in [-0.39, 0.29) is 5.70 Å². The van der Waals surface area contributed by atoms with E-state index < -0.39 is 11.9 Å². The van der Waals surface area contributed by atoms with Gasteiger partial charge in [-0.15, -0.1) is 0 Å². The number of carbonyl (C=O) groups excluding carboxylic acids is 2. The molecule has 140 valence electrons. The van der Waals surface area contributed by atoms with Crippen LogP contribution < -0.4 is 10.2 Å². The quantitative estimate of drug-likeness (QED) is 0.417.